The summed E-state index contributed by atoms with van der Waals surface area (Å²) in [7, 11) is 3.39. The molecule has 0 aliphatic carbocycles. The predicted molar refractivity (Wildman–Crippen MR) is 148 cm³/mol. The van der Waals surface area contributed by atoms with Gasteiger partial charge in [0.05, 0.1) is 18.7 Å². The maximum absolute atomic E-state index is 13.8. The predicted octanol–water partition coefficient (Wildman–Crippen LogP) is 4.00. The van der Waals surface area contributed by atoms with Gasteiger partial charge in [0.2, 0.25) is 11.8 Å². The molecule has 0 spiro atoms. The highest BCUT2D eigenvalue weighted by Crippen LogP contribution is 2.30. The first-order valence-electron chi connectivity index (χ1n) is 12.9. The molecule has 0 aliphatic rings. The van der Waals surface area contributed by atoms with Crippen LogP contribution in [0.4, 0.5) is 0 Å². The molecule has 37 heavy (non-hydrogen) atoms. The molecule has 8 nitrogen and oxygen atoms in total. The van der Waals surface area contributed by atoms with E-state index < -0.39 is 34.9 Å². The fourth-order valence-electron chi connectivity index (χ4n) is 4.44. The fraction of sp³-hybridized carbons (Fsp3) is 0.621. The second-order valence-corrected chi connectivity index (χ2v) is 11.5. The van der Waals surface area contributed by atoms with Crippen LogP contribution in [-0.2, 0) is 19.8 Å². The Kier molecular flexibility index (Phi) is 11.4. The van der Waals surface area contributed by atoms with Gasteiger partial charge in [-0.2, -0.15) is 0 Å². The SMILES string of the molecule is CCOc1ccc(C(C)(C)[C@H](NC)C(=O)N[C@H](C(=O)N(C)[C@H](/C=C(\C)C(=O)O)C(C)C)C(C)(C)C)cc1. The number of rotatable bonds is 12. The molecule has 0 aliphatic heterocycles. The number of carboxylic acids is 1. The molecule has 0 aromatic heterocycles. The second kappa shape index (κ2) is 13.1. The van der Waals surface area contributed by atoms with Gasteiger partial charge in [0, 0.05) is 18.0 Å². The van der Waals surface area contributed by atoms with Crippen molar-refractivity contribution >= 4 is 17.8 Å². The number of hydrogen-bond donors (Lipinski definition) is 3. The Morgan fingerprint density at radius 3 is 2.00 bits per heavy atom. The summed E-state index contributed by atoms with van der Waals surface area (Å²) in [4.78, 5) is 40.4. The van der Waals surface area contributed by atoms with Gasteiger partial charge in [-0.1, -0.05) is 66.7 Å². The number of nitrogens with one attached hydrogen (secondary N) is 2. The first-order valence-corrected chi connectivity index (χ1v) is 12.9. The molecule has 208 valence electrons. The van der Waals surface area contributed by atoms with Gasteiger partial charge < -0.3 is 25.4 Å². The molecular weight excluding hydrogens is 470 g/mol. The van der Waals surface area contributed by atoms with E-state index in [1.54, 1.807) is 25.1 Å². The van der Waals surface area contributed by atoms with Gasteiger partial charge in [0.1, 0.15) is 11.8 Å². The zero-order valence-electron chi connectivity index (χ0n) is 24.4. The number of carbonyl (C=O) groups excluding carboxylic acids is 2. The molecule has 8 heteroatoms. The van der Waals surface area contributed by atoms with Crippen molar-refractivity contribution in [2.45, 2.75) is 85.9 Å². The Morgan fingerprint density at radius 2 is 1.59 bits per heavy atom. The minimum absolute atomic E-state index is 0.0248. The van der Waals surface area contributed by atoms with E-state index in [1.807, 2.05) is 79.7 Å². The summed E-state index contributed by atoms with van der Waals surface area (Å²) in [6.07, 6.45) is 1.60. The molecule has 0 bridgehead atoms. The number of hydrogen-bond acceptors (Lipinski definition) is 5. The number of benzene rings is 1. The summed E-state index contributed by atoms with van der Waals surface area (Å²) in [6, 6.07) is 5.80. The molecule has 3 N–H and O–H groups in total. The van der Waals surface area contributed by atoms with Crippen LogP contribution in [0.3, 0.4) is 0 Å². The lowest BCUT2D eigenvalue weighted by molar-refractivity contribution is -0.141. The van der Waals surface area contributed by atoms with Crippen LogP contribution in [0.15, 0.2) is 35.9 Å². The molecule has 0 unspecified atom stereocenters. The van der Waals surface area contributed by atoms with Crippen molar-refractivity contribution in [2.75, 3.05) is 20.7 Å². The number of ether oxygens (including phenoxy) is 1. The summed E-state index contributed by atoms with van der Waals surface area (Å²) in [6.45, 7) is 17.5. The van der Waals surface area contributed by atoms with Crippen LogP contribution in [0.1, 0.15) is 67.9 Å². The fourth-order valence-corrected chi connectivity index (χ4v) is 4.44. The number of nitrogens with zero attached hydrogens (tertiary/aromatic N) is 1. The second-order valence-electron chi connectivity index (χ2n) is 11.5. The maximum atomic E-state index is 13.8. The standard InChI is InChI=1S/C29H47N3O5/c1-12-37-21-15-13-20(14-16-21)29(8,9)23(30-10)25(33)31-24(28(5,6)7)26(34)32(11)22(18(2)3)17-19(4)27(35)36/h13-18,22-24,30H,12H2,1-11H3,(H,31,33)(H,35,36)/b19-17+/t22-,23-,24-/m1/s1. The molecule has 1 aromatic carbocycles. The molecule has 1 aromatic rings. The van der Waals surface area contributed by atoms with E-state index in [0.717, 1.165) is 11.3 Å². The van der Waals surface area contributed by atoms with Crippen LogP contribution in [0.25, 0.3) is 0 Å². The largest absolute Gasteiger partial charge is 0.494 e. The smallest absolute Gasteiger partial charge is 0.331 e. The van der Waals surface area contributed by atoms with Crippen molar-refractivity contribution in [3.8, 4) is 5.75 Å². The highest BCUT2D eigenvalue weighted by atomic mass is 16.5. The van der Waals surface area contributed by atoms with Crippen LogP contribution < -0.4 is 15.4 Å². The van der Waals surface area contributed by atoms with Crippen LogP contribution >= 0.6 is 0 Å². The third-order valence-corrected chi connectivity index (χ3v) is 6.82. The summed E-state index contributed by atoms with van der Waals surface area (Å²) in [5, 5.41) is 15.5. The molecule has 2 amide bonds. The summed E-state index contributed by atoms with van der Waals surface area (Å²) >= 11 is 0. The highest BCUT2D eigenvalue weighted by molar-refractivity contribution is 5.91. The van der Waals surface area contributed by atoms with Gasteiger partial charge in [0.15, 0.2) is 0 Å². The van der Waals surface area contributed by atoms with Crippen LogP contribution in [0, 0.1) is 11.3 Å². The van der Waals surface area contributed by atoms with Gasteiger partial charge in [-0.05, 0) is 49.9 Å². The quantitative estimate of drug-likeness (QED) is 0.362. The Morgan fingerprint density at radius 1 is 1.05 bits per heavy atom. The van der Waals surface area contributed by atoms with E-state index in [4.69, 9.17) is 4.74 Å². The molecule has 0 saturated heterocycles. The van der Waals surface area contributed by atoms with Crippen molar-refractivity contribution in [3.63, 3.8) is 0 Å². The minimum Gasteiger partial charge on any atom is -0.494 e. The minimum atomic E-state index is -1.03. The van der Waals surface area contributed by atoms with Crippen molar-refractivity contribution in [2.24, 2.45) is 11.3 Å². The maximum Gasteiger partial charge on any atom is 0.331 e. The summed E-state index contributed by atoms with van der Waals surface area (Å²) in [5.41, 5.74) is -0.0595. The lowest BCUT2D eigenvalue weighted by Gasteiger charge is -2.40. The lowest BCUT2D eigenvalue weighted by atomic mass is 9.76. The van der Waals surface area contributed by atoms with Gasteiger partial charge in [-0.25, -0.2) is 4.79 Å². The third kappa shape index (κ3) is 8.32. The molecule has 0 radical (unpaired) electrons. The Labute approximate surface area is 222 Å². The zero-order chi connectivity index (χ0) is 28.7. The summed E-state index contributed by atoms with van der Waals surface area (Å²) in [5.74, 6) is -0.853. The van der Waals surface area contributed by atoms with Gasteiger partial charge in [0.25, 0.3) is 0 Å². The molecule has 1 rings (SSSR count). The number of likely N-dealkylation sites (N-methyl/N-ethyl adjacent to an activating group) is 2. The number of amides is 2. The molecular formula is C29H47N3O5. The van der Waals surface area contributed by atoms with E-state index >= 15 is 0 Å². The monoisotopic (exact) mass is 517 g/mol. The average Bonchev–Trinajstić information content (AvgIpc) is 2.79. The lowest BCUT2D eigenvalue weighted by Crippen LogP contribution is -2.61. The Balaban J connectivity index is 3.29. The van der Waals surface area contributed by atoms with Gasteiger partial charge in [-0.15, -0.1) is 0 Å². The van der Waals surface area contributed by atoms with Gasteiger partial charge in [-0.3, -0.25) is 9.59 Å². The molecule has 3 atom stereocenters. The number of aliphatic carboxylic acids is 1. The molecule has 0 fully saturated rings. The van der Waals surface area contributed by atoms with Crippen LogP contribution in [0.2, 0.25) is 0 Å². The Hall–Kier alpha value is -2.87. The van der Waals surface area contributed by atoms with E-state index in [-0.39, 0.29) is 23.3 Å². The highest BCUT2D eigenvalue weighted by Gasteiger charge is 2.41. The van der Waals surface area contributed by atoms with Crippen LogP contribution in [0.5, 0.6) is 5.75 Å². The summed E-state index contributed by atoms with van der Waals surface area (Å²) < 4.78 is 5.55. The Bertz CT molecular complexity index is 961. The number of carbonyl (C=O) groups is 3. The van der Waals surface area contributed by atoms with Crippen molar-refractivity contribution in [3.05, 3.63) is 41.5 Å². The van der Waals surface area contributed by atoms with E-state index in [1.165, 1.54) is 6.92 Å². The normalized spacial score (nSPS) is 15.1. The van der Waals surface area contributed by atoms with E-state index in [9.17, 15) is 19.5 Å². The van der Waals surface area contributed by atoms with Crippen molar-refractivity contribution in [1.82, 2.24) is 15.5 Å². The van der Waals surface area contributed by atoms with Crippen molar-refractivity contribution in [1.29, 1.82) is 0 Å². The molecule has 0 saturated carbocycles. The van der Waals surface area contributed by atoms with E-state index in [2.05, 4.69) is 10.6 Å². The topological polar surface area (TPSA) is 108 Å². The third-order valence-electron chi connectivity index (χ3n) is 6.82. The van der Waals surface area contributed by atoms with E-state index in [0.29, 0.717) is 6.61 Å². The average molecular weight is 518 g/mol. The zero-order valence-corrected chi connectivity index (χ0v) is 24.4. The molecule has 0 heterocycles. The first kappa shape index (κ1) is 32.2. The van der Waals surface area contributed by atoms with Gasteiger partial charge >= 0.3 is 5.97 Å². The number of carboxylic acid groups (broad SMARTS) is 1. The first-order chi connectivity index (χ1) is 17.0. The van der Waals surface area contributed by atoms with Crippen molar-refractivity contribution < 1.29 is 24.2 Å². The van der Waals surface area contributed by atoms with Crippen LogP contribution in [-0.4, -0.2) is 66.6 Å².